The van der Waals surface area contributed by atoms with Crippen LogP contribution in [0.1, 0.15) is 25.0 Å². The maximum absolute atomic E-state index is 13.8. The minimum atomic E-state index is -0.173. The smallest absolute Gasteiger partial charge is 0.128 e. The molecule has 18 heavy (non-hydrogen) atoms. The zero-order valence-corrected chi connectivity index (χ0v) is 11.3. The largest absolute Gasteiger partial charge is 0.380 e. The number of hydrogen-bond acceptors (Lipinski definition) is 3. The van der Waals surface area contributed by atoms with E-state index in [4.69, 9.17) is 10.5 Å². The van der Waals surface area contributed by atoms with Crippen LogP contribution in [0.3, 0.4) is 0 Å². The zero-order chi connectivity index (χ0) is 13.4. The molecule has 0 unspecified atom stereocenters. The van der Waals surface area contributed by atoms with Crippen LogP contribution in [0.2, 0.25) is 0 Å². The molecule has 0 aliphatic heterocycles. The molecular weight excluding hydrogens is 231 g/mol. The first kappa shape index (κ1) is 15.1. The highest BCUT2D eigenvalue weighted by molar-refractivity contribution is 5.24. The lowest BCUT2D eigenvalue weighted by atomic mass is 10.1. The van der Waals surface area contributed by atoms with Gasteiger partial charge in [-0.25, -0.2) is 4.39 Å². The lowest BCUT2D eigenvalue weighted by molar-refractivity contribution is 0.112. The van der Waals surface area contributed by atoms with Gasteiger partial charge in [-0.15, -0.1) is 0 Å². The van der Waals surface area contributed by atoms with E-state index in [1.54, 1.807) is 0 Å². The van der Waals surface area contributed by atoms with Gasteiger partial charge in [0.05, 0.1) is 6.61 Å². The normalized spacial score (nSPS) is 11.2. The van der Waals surface area contributed by atoms with Crippen molar-refractivity contribution in [2.45, 2.75) is 26.9 Å². The Labute approximate surface area is 109 Å². The maximum atomic E-state index is 13.8. The summed E-state index contributed by atoms with van der Waals surface area (Å²) >= 11 is 0. The highest BCUT2D eigenvalue weighted by Gasteiger charge is 2.08. The van der Waals surface area contributed by atoms with Gasteiger partial charge in [0.25, 0.3) is 0 Å². The van der Waals surface area contributed by atoms with E-state index in [-0.39, 0.29) is 5.82 Å². The monoisotopic (exact) mass is 254 g/mol. The molecule has 0 saturated heterocycles. The Hall–Kier alpha value is -0.970. The fraction of sp³-hybridized carbons (Fsp3) is 0.571. The van der Waals surface area contributed by atoms with Crippen molar-refractivity contribution in [3.05, 3.63) is 35.1 Å². The summed E-state index contributed by atoms with van der Waals surface area (Å²) in [5.41, 5.74) is 7.02. The summed E-state index contributed by atoms with van der Waals surface area (Å²) in [5, 5.41) is 0. The topological polar surface area (TPSA) is 38.5 Å². The van der Waals surface area contributed by atoms with E-state index < -0.39 is 0 Å². The minimum absolute atomic E-state index is 0.173. The van der Waals surface area contributed by atoms with Crippen molar-refractivity contribution in [1.82, 2.24) is 4.90 Å². The van der Waals surface area contributed by atoms with E-state index in [2.05, 4.69) is 11.8 Å². The molecule has 102 valence electrons. The third-order valence-electron chi connectivity index (χ3n) is 2.95. The van der Waals surface area contributed by atoms with E-state index in [1.807, 2.05) is 19.1 Å². The molecule has 1 aromatic carbocycles. The first-order chi connectivity index (χ1) is 8.71. The summed E-state index contributed by atoms with van der Waals surface area (Å²) in [6, 6.07) is 5.22. The van der Waals surface area contributed by atoms with Crippen LogP contribution in [0, 0.1) is 5.82 Å². The van der Waals surface area contributed by atoms with Crippen molar-refractivity contribution < 1.29 is 9.13 Å². The molecule has 0 aliphatic rings. The quantitative estimate of drug-likeness (QED) is 0.722. The predicted octanol–water partition coefficient (Wildman–Crippen LogP) is 2.14. The molecule has 0 fully saturated rings. The van der Waals surface area contributed by atoms with Crippen molar-refractivity contribution >= 4 is 0 Å². The molecule has 0 heterocycles. The highest BCUT2D eigenvalue weighted by atomic mass is 19.1. The van der Waals surface area contributed by atoms with Gasteiger partial charge in [-0.05, 0) is 25.1 Å². The molecule has 0 aromatic heterocycles. The van der Waals surface area contributed by atoms with E-state index in [0.717, 1.165) is 25.3 Å². The number of nitrogens with zero attached hydrogens (tertiary/aromatic N) is 1. The molecule has 1 aromatic rings. The van der Waals surface area contributed by atoms with Crippen LogP contribution < -0.4 is 5.73 Å². The standard InChI is InChI=1S/C14H23FN2O/c1-3-17(7-8-18-4-2)11-13-6-5-12(10-16)9-14(13)15/h5-6,9H,3-4,7-8,10-11,16H2,1-2H3. The molecule has 1 rings (SSSR count). The molecule has 3 nitrogen and oxygen atoms in total. The molecule has 0 amide bonds. The minimum Gasteiger partial charge on any atom is -0.380 e. The van der Waals surface area contributed by atoms with Crippen LogP contribution in [-0.2, 0) is 17.8 Å². The molecule has 2 N–H and O–H groups in total. The second-order valence-corrected chi connectivity index (χ2v) is 4.20. The third-order valence-corrected chi connectivity index (χ3v) is 2.95. The van der Waals surface area contributed by atoms with Gasteiger partial charge >= 0.3 is 0 Å². The molecule has 4 heteroatoms. The first-order valence-corrected chi connectivity index (χ1v) is 6.48. The summed E-state index contributed by atoms with van der Waals surface area (Å²) in [7, 11) is 0. The lowest BCUT2D eigenvalue weighted by Crippen LogP contribution is -2.27. The van der Waals surface area contributed by atoms with Crippen molar-refractivity contribution in [2.24, 2.45) is 5.73 Å². The number of benzene rings is 1. The fourth-order valence-corrected chi connectivity index (χ4v) is 1.77. The van der Waals surface area contributed by atoms with Crippen LogP contribution in [-0.4, -0.2) is 31.2 Å². The molecule has 0 saturated carbocycles. The first-order valence-electron chi connectivity index (χ1n) is 6.48. The van der Waals surface area contributed by atoms with E-state index in [1.165, 1.54) is 6.07 Å². The Bertz CT molecular complexity index is 358. The van der Waals surface area contributed by atoms with E-state index >= 15 is 0 Å². The average Bonchev–Trinajstić information content (AvgIpc) is 2.39. The van der Waals surface area contributed by atoms with Crippen molar-refractivity contribution in [3.63, 3.8) is 0 Å². The summed E-state index contributed by atoms with van der Waals surface area (Å²) in [6.45, 7) is 8.14. The number of halogens is 1. The summed E-state index contributed by atoms with van der Waals surface area (Å²) in [6.07, 6.45) is 0. The van der Waals surface area contributed by atoms with Crippen LogP contribution in [0.15, 0.2) is 18.2 Å². The van der Waals surface area contributed by atoms with Crippen LogP contribution in [0.4, 0.5) is 4.39 Å². The Balaban J connectivity index is 2.58. The van der Waals surface area contributed by atoms with Crippen LogP contribution >= 0.6 is 0 Å². The fourth-order valence-electron chi connectivity index (χ4n) is 1.77. The van der Waals surface area contributed by atoms with E-state index in [0.29, 0.717) is 25.3 Å². The number of nitrogens with two attached hydrogens (primary N) is 1. The third kappa shape index (κ3) is 4.72. The molecular formula is C14H23FN2O. The summed E-state index contributed by atoms with van der Waals surface area (Å²) < 4.78 is 19.1. The SMILES string of the molecule is CCOCCN(CC)Cc1ccc(CN)cc1F. The van der Waals surface area contributed by atoms with Gasteiger partial charge in [0.1, 0.15) is 5.82 Å². The molecule has 0 spiro atoms. The van der Waals surface area contributed by atoms with Gasteiger partial charge in [0.15, 0.2) is 0 Å². The number of ether oxygens (including phenoxy) is 1. The Morgan fingerprint density at radius 1 is 1.33 bits per heavy atom. The Morgan fingerprint density at radius 2 is 2.11 bits per heavy atom. The molecule has 0 radical (unpaired) electrons. The van der Waals surface area contributed by atoms with Crippen LogP contribution in [0.25, 0.3) is 0 Å². The molecule has 0 bridgehead atoms. The average molecular weight is 254 g/mol. The highest BCUT2D eigenvalue weighted by Crippen LogP contribution is 2.12. The summed E-state index contributed by atoms with van der Waals surface area (Å²) in [4.78, 5) is 2.16. The van der Waals surface area contributed by atoms with E-state index in [9.17, 15) is 4.39 Å². The zero-order valence-electron chi connectivity index (χ0n) is 11.3. The Morgan fingerprint density at radius 3 is 2.67 bits per heavy atom. The molecule has 0 atom stereocenters. The van der Waals surface area contributed by atoms with Crippen molar-refractivity contribution in [1.29, 1.82) is 0 Å². The number of likely N-dealkylation sites (N-methyl/N-ethyl adjacent to an activating group) is 1. The van der Waals surface area contributed by atoms with Gasteiger partial charge in [-0.2, -0.15) is 0 Å². The van der Waals surface area contributed by atoms with Gasteiger partial charge in [0.2, 0.25) is 0 Å². The number of rotatable bonds is 8. The second kappa shape index (κ2) is 8.19. The van der Waals surface area contributed by atoms with Gasteiger partial charge in [-0.1, -0.05) is 19.1 Å². The van der Waals surface area contributed by atoms with Crippen molar-refractivity contribution in [3.8, 4) is 0 Å². The van der Waals surface area contributed by atoms with Gasteiger partial charge in [0, 0.05) is 31.8 Å². The lowest BCUT2D eigenvalue weighted by Gasteiger charge is -2.20. The number of hydrogen-bond donors (Lipinski definition) is 1. The van der Waals surface area contributed by atoms with Crippen LogP contribution in [0.5, 0.6) is 0 Å². The predicted molar refractivity (Wildman–Crippen MR) is 71.7 cm³/mol. The second-order valence-electron chi connectivity index (χ2n) is 4.20. The van der Waals surface area contributed by atoms with Crippen molar-refractivity contribution in [2.75, 3.05) is 26.3 Å². The maximum Gasteiger partial charge on any atom is 0.128 e. The van der Waals surface area contributed by atoms with Gasteiger partial charge < -0.3 is 10.5 Å². The molecule has 0 aliphatic carbocycles. The summed E-state index contributed by atoms with van der Waals surface area (Å²) in [5.74, 6) is -0.173. The van der Waals surface area contributed by atoms with Gasteiger partial charge in [-0.3, -0.25) is 4.90 Å². The Kier molecular flexibility index (Phi) is 6.86.